The lowest BCUT2D eigenvalue weighted by molar-refractivity contribution is -0.119. The molecule has 0 saturated heterocycles. The Morgan fingerprint density at radius 2 is 1.92 bits per heavy atom. The lowest BCUT2D eigenvalue weighted by Gasteiger charge is -2.10. The van der Waals surface area contributed by atoms with Gasteiger partial charge in [0.15, 0.2) is 4.34 Å². The number of thioether (sulfide) groups is 1. The number of rotatable bonds is 6. The molecule has 0 bridgehead atoms. The number of halogens is 1. The molecule has 1 aromatic carbocycles. The highest BCUT2D eigenvalue weighted by atomic mass is 32.2. The number of amides is 2. The first kappa shape index (κ1) is 17.8. The third-order valence-corrected chi connectivity index (χ3v) is 5.75. The highest BCUT2D eigenvalue weighted by molar-refractivity contribution is 8.01. The van der Waals surface area contributed by atoms with E-state index in [1.54, 1.807) is 0 Å². The Bertz CT molecular complexity index is 745. The minimum absolute atomic E-state index is 0.0102. The van der Waals surface area contributed by atoms with Gasteiger partial charge in [0.2, 0.25) is 11.0 Å². The van der Waals surface area contributed by atoms with Crippen LogP contribution in [0.2, 0.25) is 0 Å². The van der Waals surface area contributed by atoms with E-state index in [9.17, 15) is 14.0 Å². The van der Waals surface area contributed by atoms with Crippen LogP contribution in [0, 0.1) is 5.82 Å². The number of anilines is 1. The van der Waals surface area contributed by atoms with E-state index in [4.69, 9.17) is 0 Å². The number of carbonyl (C=O) groups is 2. The Labute approximate surface area is 152 Å². The predicted molar refractivity (Wildman–Crippen MR) is 95.4 cm³/mol. The molecule has 0 radical (unpaired) electrons. The van der Waals surface area contributed by atoms with Gasteiger partial charge in [0.25, 0.3) is 5.91 Å². The lowest BCUT2D eigenvalue weighted by Crippen LogP contribution is -2.33. The van der Waals surface area contributed by atoms with E-state index < -0.39 is 5.82 Å². The van der Waals surface area contributed by atoms with E-state index in [0.29, 0.717) is 21.1 Å². The van der Waals surface area contributed by atoms with Crippen molar-refractivity contribution < 1.29 is 14.0 Å². The standard InChI is InChI=1S/C16H17FN4O2S2/c17-11-7-5-10(6-8-11)14(23)19-15-20-21-16(25-15)24-9-13(22)18-12-3-1-2-4-12/h5-8,12H,1-4,9H2,(H,18,22)(H,19,20,23). The summed E-state index contributed by atoms with van der Waals surface area (Å²) in [4.78, 5) is 23.9. The van der Waals surface area contributed by atoms with Crippen molar-refractivity contribution in [2.24, 2.45) is 0 Å². The summed E-state index contributed by atoms with van der Waals surface area (Å²) in [7, 11) is 0. The molecule has 0 spiro atoms. The molecule has 6 nitrogen and oxygen atoms in total. The van der Waals surface area contributed by atoms with Crippen LogP contribution in [0.3, 0.4) is 0 Å². The van der Waals surface area contributed by atoms with Gasteiger partial charge < -0.3 is 5.32 Å². The van der Waals surface area contributed by atoms with Crippen molar-refractivity contribution >= 4 is 40.0 Å². The summed E-state index contributed by atoms with van der Waals surface area (Å²) in [6.07, 6.45) is 4.45. The zero-order valence-electron chi connectivity index (χ0n) is 13.3. The topological polar surface area (TPSA) is 84.0 Å². The predicted octanol–water partition coefficient (Wildman–Crippen LogP) is 3.08. The maximum absolute atomic E-state index is 12.9. The molecular weight excluding hydrogens is 363 g/mol. The summed E-state index contributed by atoms with van der Waals surface area (Å²) >= 11 is 2.49. The molecule has 132 valence electrons. The lowest BCUT2D eigenvalue weighted by atomic mass is 10.2. The largest absolute Gasteiger partial charge is 0.353 e. The molecule has 1 aliphatic carbocycles. The summed E-state index contributed by atoms with van der Waals surface area (Å²) < 4.78 is 13.5. The number of hydrogen-bond acceptors (Lipinski definition) is 6. The third-order valence-electron chi connectivity index (χ3n) is 3.78. The number of nitrogens with one attached hydrogen (secondary N) is 2. The van der Waals surface area contributed by atoms with Crippen LogP contribution in [0.25, 0.3) is 0 Å². The van der Waals surface area contributed by atoms with E-state index >= 15 is 0 Å². The van der Waals surface area contributed by atoms with Crippen LogP contribution in [-0.4, -0.2) is 33.8 Å². The molecular formula is C16H17FN4O2S2. The van der Waals surface area contributed by atoms with Crippen molar-refractivity contribution in [3.05, 3.63) is 35.6 Å². The molecule has 1 fully saturated rings. The van der Waals surface area contributed by atoms with E-state index in [1.807, 2.05) is 0 Å². The monoisotopic (exact) mass is 380 g/mol. The third kappa shape index (κ3) is 5.23. The van der Waals surface area contributed by atoms with Gasteiger partial charge in [-0.1, -0.05) is 35.9 Å². The Morgan fingerprint density at radius 3 is 2.64 bits per heavy atom. The number of benzene rings is 1. The normalized spacial score (nSPS) is 14.4. The summed E-state index contributed by atoms with van der Waals surface area (Å²) in [5.41, 5.74) is 0.335. The van der Waals surface area contributed by atoms with Crippen molar-refractivity contribution in [3.8, 4) is 0 Å². The van der Waals surface area contributed by atoms with Crippen molar-refractivity contribution in [1.29, 1.82) is 0 Å². The van der Waals surface area contributed by atoms with Gasteiger partial charge in [0, 0.05) is 11.6 Å². The fourth-order valence-electron chi connectivity index (χ4n) is 2.56. The van der Waals surface area contributed by atoms with Crippen LogP contribution in [0.4, 0.5) is 9.52 Å². The fourth-order valence-corrected chi connectivity index (χ4v) is 4.11. The van der Waals surface area contributed by atoms with E-state index in [2.05, 4.69) is 20.8 Å². The smallest absolute Gasteiger partial charge is 0.257 e. The quantitative estimate of drug-likeness (QED) is 0.594. The summed E-state index contributed by atoms with van der Waals surface area (Å²) in [6, 6.07) is 5.54. The van der Waals surface area contributed by atoms with Gasteiger partial charge in [0.1, 0.15) is 5.82 Å². The number of nitrogens with zero attached hydrogens (tertiary/aromatic N) is 2. The van der Waals surface area contributed by atoms with Crippen LogP contribution in [0.5, 0.6) is 0 Å². The second-order valence-electron chi connectivity index (χ2n) is 5.67. The van der Waals surface area contributed by atoms with Crippen LogP contribution < -0.4 is 10.6 Å². The van der Waals surface area contributed by atoms with Crippen molar-refractivity contribution in [1.82, 2.24) is 15.5 Å². The molecule has 1 aliphatic rings. The Kier molecular flexibility index (Phi) is 5.98. The molecule has 2 aromatic rings. The zero-order valence-corrected chi connectivity index (χ0v) is 15.0. The molecule has 0 unspecified atom stereocenters. The minimum atomic E-state index is -0.401. The van der Waals surface area contributed by atoms with Crippen molar-refractivity contribution in [2.45, 2.75) is 36.1 Å². The van der Waals surface area contributed by atoms with Crippen molar-refractivity contribution in [3.63, 3.8) is 0 Å². The Balaban J connectivity index is 1.47. The fraction of sp³-hybridized carbons (Fsp3) is 0.375. The van der Waals surface area contributed by atoms with Crippen LogP contribution >= 0.6 is 23.1 Å². The molecule has 25 heavy (non-hydrogen) atoms. The van der Waals surface area contributed by atoms with Gasteiger partial charge in [0.05, 0.1) is 5.75 Å². The molecule has 1 saturated carbocycles. The molecule has 9 heteroatoms. The maximum Gasteiger partial charge on any atom is 0.257 e. The van der Waals surface area contributed by atoms with Gasteiger partial charge in [-0.3, -0.25) is 14.9 Å². The highest BCUT2D eigenvalue weighted by Crippen LogP contribution is 2.26. The Hall–Kier alpha value is -2.00. The summed E-state index contributed by atoms with van der Waals surface area (Å²) in [5, 5.41) is 13.8. The number of hydrogen-bond donors (Lipinski definition) is 2. The second kappa shape index (κ2) is 8.39. The van der Waals surface area contributed by atoms with Gasteiger partial charge in [-0.15, -0.1) is 10.2 Å². The second-order valence-corrected chi connectivity index (χ2v) is 7.87. The van der Waals surface area contributed by atoms with Gasteiger partial charge in [-0.05, 0) is 37.1 Å². The summed E-state index contributed by atoms with van der Waals surface area (Å²) in [6.45, 7) is 0. The average Bonchev–Trinajstić information content (AvgIpc) is 3.25. The van der Waals surface area contributed by atoms with Gasteiger partial charge >= 0.3 is 0 Å². The van der Waals surface area contributed by atoms with Crippen LogP contribution in [0.1, 0.15) is 36.0 Å². The minimum Gasteiger partial charge on any atom is -0.353 e. The van der Waals surface area contributed by atoms with Crippen molar-refractivity contribution in [2.75, 3.05) is 11.1 Å². The van der Waals surface area contributed by atoms with E-state index in [0.717, 1.165) is 12.8 Å². The van der Waals surface area contributed by atoms with Gasteiger partial charge in [-0.2, -0.15) is 0 Å². The average molecular weight is 380 g/mol. The first-order valence-corrected chi connectivity index (χ1v) is 9.73. The molecule has 1 heterocycles. The van der Waals surface area contributed by atoms with Crippen LogP contribution in [0.15, 0.2) is 28.6 Å². The van der Waals surface area contributed by atoms with Gasteiger partial charge in [-0.25, -0.2) is 4.39 Å². The first-order chi connectivity index (χ1) is 12.1. The maximum atomic E-state index is 12.9. The molecule has 0 aliphatic heterocycles. The molecule has 1 aromatic heterocycles. The van der Waals surface area contributed by atoms with Crippen LogP contribution in [-0.2, 0) is 4.79 Å². The van der Waals surface area contributed by atoms with E-state index in [-0.39, 0.29) is 17.6 Å². The molecule has 0 atom stereocenters. The van der Waals surface area contributed by atoms with E-state index in [1.165, 1.54) is 60.2 Å². The first-order valence-electron chi connectivity index (χ1n) is 7.93. The Morgan fingerprint density at radius 1 is 1.20 bits per heavy atom. The summed E-state index contributed by atoms with van der Waals surface area (Å²) in [5.74, 6) is -0.519. The molecule has 2 amide bonds. The number of carbonyl (C=O) groups excluding carboxylic acids is 2. The zero-order chi connectivity index (χ0) is 17.6. The number of aromatic nitrogens is 2. The molecule has 2 N–H and O–H groups in total. The molecule has 3 rings (SSSR count). The highest BCUT2D eigenvalue weighted by Gasteiger charge is 2.17. The SMILES string of the molecule is O=C(CSc1nnc(NC(=O)c2ccc(F)cc2)s1)NC1CCCC1.